The first-order chi connectivity index (χ1) is 9.53. The Bertz CT molecular complexity index is 639. The Morgan fingerprint density at radius 2 is 1.90 bits per heavy atom. The van der Waals surface area contributed by atoms with Crippen LogP contribution in [0.4, 0.5) is 5.69 Å². The number of benzene rings is 1. The van der Waals surface area contributed by atoms with Gasteiger partial charge < -0.3 is 20.1 Å². The third-order valence-electron chi connectivity index (χ3n) is 3.41. The smallest absolute Gasteiger partial charge is 0.148 e. The number of aromatic nitrogens is 1. The van der Waals surface area contributed by atoms with E-state index in [1.54, 1.807) is 14.2 Å². The first-order valence-electron chi connectivity index (χ1n) is 6.46. The summed E-state index contributed by atoms with van der Waals surface area (Å²) in [6.07, 6.45) is 0. The fourth-order valence-corrected chi connectivity index (χ4v) is 2.48. The molecule has 2 N–H and O–H groups in total. The molecule has 0 aliphatic carbocycles. The maximum absolute atomic E-state index is 5.89. The summed E-state index contributed by atoms with van der Waals surface area (Å²) < 4.78 is 10.8. The summed E-state index contributed by atoms with van der Waals surface area (Å²) in [5.41, 5.74) is 9.74. The third-order valence-corrected chi connectivity index (χ3v) is 3.41. The van der Waals surface area contributed by atoms with Crippen molar-refractivity contribution in [3.05, 3.63) is 23.4 Å². The molecule has 0 amide bonds. The molecule has 0 atom stereocenters. The second kappa shape index (κ2) is 5.54. The molecule has 20 heavy (non-hydrogen) atoms. The fraction of sp³-hybridized carbons (Fsp3) is 0.400. The van der Waals surface area contributed by atoms with Crippen LogP contribution < -0.4 is 20.1 Å². The van der Waals surface area contributed by atoms with Crippen LogP contribution in [-0.2, 0) is 6.54 Å². The number of hydrogen-bond donors (Lipinski definition) is 1. The minimum absolute atomic E-state index is 0.446. The summed E-state index contributed by atoms with van der Waals surface area (Å²) in [5.74, 6) is 1.44. The topological polar surface area (TPSA) is 60.6 Å². The van der Waals surface area contributed by atoms with Crippen LogP contribution in [0.5, 0.6) is 11.5 Å². The van der Waals surface area contributed by atoms with Crippen molar-refractivity contribution in [2.45, 2.75) is 13.5 Å². The van der Waals surface area contributed by atoms with Crippen LogP contribution in [-0.4, -0.2) is 33.3 Å². The Kier molecular flexibility index (Phi) is 3.99. The lowest BCUT2D eigenvalue weighted by Gasteiger charge is -2.22. The average molecular weight is 275 g/mol. The molecule has 2 aromatic rings. The predicted octanol–water partition coefficient (Wildman–Crippen LogP) is 2.09. The van der Waals surface area contributed by atoms with Gasteiger partial charge in [0, 0.05) is 43.4 Å². The highest BCUT2D eigenvalue weighted by Gasteiger charge is 2.17. The Labute approximate surface area is 119 Å². The third kappa shape index (κ3) is 2.25. The second-order valence-electron chi connectivity index (χ2n) is 4.85. The maximum atomic E-state index is 5.89. The van der Waals surface area contributed by atoms with Crippen molar-refractivity contribution in [2.75, 3.05) is 33.2 Å². The van der Waals surface area contributed by atoms with Crippen molar-refractivity contribution < 1.29 is 9.47 Å². The molecule has 0 saturated heterocycles. The number of rotatable bonds is 4. The van der Waals surface area contributed by atoms with E-state index in [0.29, 0.717) is 12.3 Å². The quantitative estimate of drug-likeness (QED) is 0.925. The van der Waals surface area contributed by atoms with Gasteiger partial charge in [-0.3, -0.25) is 0 Å². The van der Waals surface area contributed by atoms with Gasteiger partial charge in [0.15, 0.2) is 0 Å². The van der Waals surface area contributed by atoms with Gasteiger partial charge in [0.25, 0.3) is 0 Å². The molecule has 5 heteroatoms. The molecule has 0 spiro atoms. The zero-order valence-corrected chi connectivity index (χ0v) is 12.7. The monoisotopic (exact) mass is 275 g/mol. The molecule has 2 rings (SSSR count). The van der Waals surface area contributed by atoms with Gasteiger partial charge in [0.05, 0.1) is 19.9 Å². The molecule has 108 valence electrons. The van der Waals surface area contributed by atoms with Gasteiger partial charge in [-0.05, 0) is 13.0 Å². The molecule has 0 fully saturated rings. The molecule has 0 radical (unpaired) electrons. The van der Waals surface area contributed by atoms with Crippen LogP contribution in [0.3, 0.4) is 0 Å². The minimum Gasteiger partial charge on any atom is -0.497 e. The normalized spacial score (nSPS) is 10.7. The van der Waals surface area contributed by atoms with Crippen molar-refractivity contribution in [3.63, 3.8) is 0 Å². The maximum Gasteiger partial charge on any atom is 0.148 e. The van der Waals surface area contributed by atoms with Crippen LogP contribution in [0.25, 0.3) is 10.9 Å². The van der Waals surface area contributed by atoms with Gasteiger partial charge >= 0.3 is 0 Å². The summed E-state index contributed by atoms with van der Waals surface area (Å²) in [6.45, 7) is 2.42. The van der Waals surface area contributed by atoms with Crippen molar-refractivity contribution in [1.82, 2.24) is 4.98 Å². The van der Waals surface area contributed by atoms with E-state index in [9.17, 15) is 0 Å². The largest absolute Gasteiger partial charge is 0.497 e. The number of fused-ring (bicyclic) bond motifs is 1. The van der Waals surface area contributed by atoms with E-state index in [4.69, 9.17) is 15.2 Å². The molecule has 0 aliphatic heterocycles. The van der Waals surface area contributed by atoms with Gasteiger partial charge in [0.1, 0.15) is 17.0 Å². The number of methoxy groups -OCH3 is 2. The highest BCUT2D eigenvalue weighted by atomic mass is 16.5. The van der Waals surface area contributed by atoms with Gasteiger partial charge in [-0.2, -0.15) is 0 Å². The highest BCUT2D eigenvalue weighted by Crippen LogP contribution is 2.37. The van der Waals surface area contributed by atoms with Crippen LogP contribution in [0.1, 0.15) is 11.3 Å². The molecule has 0 bridgehead atoms. The molecule has 0 unspecified atom stereocenters. The summed E-state index contributed by atoms with van der Waals surface area (Å²) in [5, 5.41) is 0.984. The Morgan fingerprint density at radius 1 is 1.20 bits per heavy atom. The lowest BCUT2D eigenvalue weighted by atomic mass is 10.0. The second-order valence-corrected chi connectivity index (χ2v) is 4.85. The Balaban J connectivity index is 2.94. The lowest BCUT2D eigenvalue weighted by Crippen LogP contribution is -2.16. The van der Waals surface area contributed by atoms with E-state index in [1.165, 1.54) is 0 Å². The van der Waals surface area contributed by atoms with Gasteiger partial charge in [-0.15, -0.1) is 0 Å². The number of ether oxygens (including phenoxy) is 2. The van der Waals surface area contributed by atoms with Crippen molar-refractivity contribution >= 4 is 16.6 Å². The van der Waals surface area contributed by atoms with Gasteiger partial charge in [-0.1, -0.05) is 0 Å². The summed E-state index contributed by atoms with van der Waals surface area (Å²) in [4.78, 5) is 6.70. The SMILES string of the molecule is COc1cc(OC)c2nc(C)c(CN)c(N(C)C)c2c1. The molecule has 1 aromatic heterocycles. The molecular weight excluding hydrogens is 254 g/mol. The molecule has 1 aromatic carbocycles. The van der Waals surface area contributed by atoms with Crippen LogP contribution in [0.2, 0.25) is 0 Å². The molecule has 1 heterocycles. The highest BCUT2D eigenvalue weighted by molar-refractivity contribution is 5.98. The zero-order chi connectivity index (χ0) is 14.9. The van der Waals surface area contributed by atoms with E-state index in [1.807, 2.05) is 33.2 Å². The number of aryl methyl sites for hydroxylation is 1. The summed E-state index contributed by atoms with van der Waals surface area (Å²) in [7, 11) is 7.28. The fourth-order valence-electron chi connectivity index (χ4n) is 2.48. The van der Waals surface area contributed by atoms with Crippen molar-refractivity contribution in [3.8, 4) is 11.5 Å². The number of pyridine rings is 1. The first kappa shape index (κ1) is 14.4. The standard InChI is InChI=1S/C15H21N3O2/c1-9-12(8-16)15(18(2)3)11-6-10(19-4)7-13(20-5)14(11)17-9/h6-7H,8,16H2,1-5H3. The van der Waals surface area contributed by atoms with E-state index in [-0.39, 0.29) is 0 Å². The van der Waals surface area contributed by atoms with Crippen molar-refractivity contribution in [2.24, 2.45) is 5.73 Å². The predicted molar refractivity (Wildman–Crippen MR) is 81.8 cm³/mol. The van der Waals surface area contributed by atoms with Crippen LogP contribution >= 0.6 is 0 Å². The molecular formula is C15H21N3O2. The van der Waals surface area contributed by atoms with E-state index in [0.717, 1.165) is 33.6 Å². The minimum atomic E-state index is 0.446. The van der Waals surface area contributed by atoms with Crippen LogP contribution in [0.15, 0.2) is 12.1 Å². The number of nitrogens with two attached hydrogens (primary N) is 1. The average Bonchev–Trinajstić information content (AvgIpc) is 2.44. The lowest BCUT2D eigenvalue weighted by molar-refractivity contribution is 0.397. The number of nitrogens with zero attached hydrogens (tertiary/aromatic N) is 2. The molecule has 0 aliphatic rings. The summed E-state index contributed by atoms with van der Waals surface area (Å²) >= 11 is 0. The number of anilines is 1. The Morgan fingerprint density at radius 3 is 2.40 bits per heavy atom. The van der Waals surface area contributed by atoms with E-state index >= 15 is 0 Å². The first-order valence-corrected chi connectivity index (χ1v) is 6.46. The van der Waals surface area contributed by atoms with Gasteiger partial charge in [0.2, 0.25) is 0 Å². The van der Waals surface area contributed by atoms with E-state index < -0.39 is 0 Å². The Hall–Kier alpha value is -2.01. The van der Waals surface area contributed by atoms with Crippen molar-refractivity contribution in [1.29, 1.82) is 0 Å². The van der Waals surface area contributed by atoms with Crippen LogP contribution in [0, 0.1) is 6.92 Å². The zero-order valence-electron chi connectivity index (χ0n) is 12.7. The molecule has 5 nitrogen and oxygen atoms in total. The van der Waals surface area contributed by atoms with E-state index in [2.05, 4.69) is 9.88 Å². The number of hydrogen-bond acceptors (Lipinski definition) is 5. The molecule has 0 saturated carbocycles. The van der Waals surface area contributed by atoms with Gasteiger partial charge in [-0.25, -0.2) is 4.98 Å². The summed E-state index contributed by atoms with van der Waals surface area (Å²) in [6, 6.07) is 3.81.